The van der Waals surface area contributed by atoms with Gasteiger partial charge in [0.1, 0.15) is 16.8 Å². The first-order chi connectivity index (χ1) is 7.75. The van der Waals surface area contributed by atoms with E-state index in [1.54, 1.807) is 12.1 Å². The Kier molecular flexibility index (Phi) is 1.71. The fourth-order valence-electron chi connectivity index (χ4n) is 1.77. The Labute approximate surface area is 90.8 Å². The fourth-order valence-corrected chi connectivity index (χ4v) is 1.77. The van der Waals surface area contributed by atoms with Crippen LogP contribution in [0.3, 0.4) is 0 Å². The van der Waals surface area contributed by atoms with Crippen LogP contribution in [0.1, 0.15) is 0 Å². The van der Waals surface area contributed by atoms with Gasteiger partial charge in [-0.05, 0) is 18.2 Å². The molecule has 16 heavy (non-hydrogen) atoms. The van der Waals surface area contributed by atoms with E-state index in [-0.39, 0.29) is 11.6 Å². The van der Waals surface area contributed by atoms with Crippen LogP contribution >= 0.6 is 0 Å². The van der Waals surface area contributed by atoms with Gasteiger partial charge in [-0.25, -0.2) is 4.98 Å². The molecule has 0 atom stereocenters. The maximum atomic E-state index is 9.67. The van der Waals surface area contributed by atoms with Crippen LogP contribution in [0.25, 0.3) is 21.8 Å². The Morgan fingerprint density at radius 1 is 0.875 bits per heavy atom. The predicted molar refractivity (Wildman–Crippen MR) is 60.4 cm³/mol. The summed E-state index contributed by atoms with van der Waals surface area (Å²) >= 11 is 0. The van der Waals surface area contributed by atoms with Gasteiger partial charge in [-0.15, -0.1) is 0 Å². The van der Waals surface area contributed by atoms with Crippen molar-refractivity contribution >= 4 is 21.8 Å². The molecule has 2 aromatic heterocycles. The highest BCUT2D eigenvalue weighted by Crippen LogP contribution is 2.28. The standard InChI is InChI=1S/C12H8N2O2/c15-9-5-6-13-12-8(9)3-1-7-2-4-10(16)14-11(7)12/h1-6H,(H,13,15)(H,14,16). The highest BCUT2D eigenvalue weighted by atomic mass is 16.3. The van der Waals surface area contributed by atoms with E-state index in [0.29, 0.717) is 16.4 Å². The largest absolute Gasteiger partial charge is 0.507 e. The first kappa shape index (κ1) is 8.91. The molecule has 78 valence electrons. The van der Waals surface area contributed by atoms with Gasteiger partial charge in [-0.2, -0.15) is 0 Å². The van der Waals surface area contributed by atoms with Crippen LogP contribution in [0, 0.1) is 0 Å². The number of fused-ring (bicyclic) bond motifs is 3. The molecule has 2 heterocycles. The number of rotatable bonds is 0. The third-order valence-electron chi connectivity index (χ3n) is 2.53. The molecule has 2 N–H and O–H groups in total. The summed E-state index contributed by atoms with van der Waals surface area (Å²) in [4.78, 5) is 8.20. The average molecular weight is 212 g/mol. The molecule has 4 heteroatoms. The molecule has 0 fully saturated rings. The van der Waals surface area contributed by atoms with Gasteiger partial charge >= 0.3 is 0 Å². The lowest BCUT2D eigenvalue weighted by Crippen LogP contribution is -1.85. The van der Waals surface area contributed by atoms with Crippen LogP contribution in [0.15, 0.2) is 36.5 Å². The third kappa shape index (κ3) is 1.16. The number of aromatic hydroxyl groups is 2. The van der Waals surface area contributed by atoms with Crippen molar-refractivity contribution in [2.75, 3.05) is 0 Å². The quantitative estimate of drug-likeness (QED) is 0.560. The molecular formula is C12H8N2O2. The second kappa shape index (κ2) is 3.06. The van der Waals surface area contributed by atoms with Crippen molar-refractivity contribution in [1.82, 2.24) is 9.97 Å². The minimum atomic E-state index is -0.0508. The van der Waals surface area contributed by atoms with Crippen LogP contribution in [0.2, 0.25) is 0 Å². The van der Waals surface area contributed by atoms with Crippen LogP contribution < -0.4 is 0 Å². The van der Waals surface area contributed by atoms with Crippen LogP contribution in [-0.2, 0) is 0 Å². The summed E-state index contributed by atoms with van der Waals surface area (Å²) in [5.74, 6) is 0.113. The van der Waals surface area contributed by atoms with Crippen molar-refractivity contribution in [3.63, 3.8) is 0 Å². The minimum Gasteiger partial charge on any atom is -0.507 e. The summed E-state index contributed by atoms with van der Waals surface area (Å²) in [5, 5.41) is 20.5. The first-order valence-electron chi connectivity index (χ1n) is 4.82. The average Bonchev–Trinajstić information content (AvgIpc) is 2.29. The number of aromatic nitrogens is 2. The van der Waals surface area contributed by atoms with Gasteiger partial charge in [0.2, 0.25) is 5.88 Å². The molecule has 0 radical (unpaired) electrons. The molecule has 0 saturated carbocycles. The molecule has 0 amide bonds. The third-order valence-corrected chi connectivity index (χ3v) is 2.53. The first-order valence-corrected chi connectivity index (χ1v) is 4.82. The molecule has 0 aliphatic rings. The van der Waals surface area contributed by atoms with E-state index in [2.05, 4.69) is 9.97 Å². The maximum absolute atomic E-state index is 9.67. The Bertz CT molecular complexity index is 695. The number of hydrogen-bond acceptors (Lipinski definition) is 4. The fraction of sp³-hybridized carbons (Fsp3) is 0. The zero-order chi connectivity index (χ0) is 11.1. The zero-order valence-electron chi connectivity index (χ0n) is 8.25. The van der Waals surface area contributed by atoms with Gasteiger partial charge in [0.25, 0.3) is 0 Å². The lowest BCUT2D eigenvalue weighted by atomic mass is 10.1. The molecule has 0 unspecified atom stereocenters. The monoisotopic (exact) mass is 212 g/mol. The molecule has 0 spiro atoms. The van der Waals surface area contributed by atoms with Crippen molar-refractivity contribution in [1.29, 1.82) is 0 Å². The van der Waals surface area contributed by atoms with E-state index in [1.165, 1.54) is 18.3 Å². The van der Waals surface area contributed by atoms with Crippen molar-refractivity contribution < 1.29 is 10.2 Å². The lowest BCUT2D eigenvalue weighted by molar-refractivity contribution is 0.456. The van der Waals surface area contributed by atoms with Gasteiger partial charge in [-0.3, -0.25) is 4.98 Å². The summed E-state index contributed by atoms with van der Waals surface area (Å²) < 4.78 is 0. The molecule has 4 nitrogen and oxygen atoms in total. The predicted octanol–water partition coefficient (Wildman–Crippen LogP) is 2.19. The van der Waals surface area contributed by atoms with Gasteiger partial charge in [0.15, 0.2) is 0 Å². The maximum Gasteiger partial charge on any atom is 0.211 e. The van der Waals surface area contributed by atoms with Crippen molar-refractivity contribution in [3.8, 4) is 11.6 Å². The molecule has 0 aliphatic heterocycles. The van der Waals surface area contributed by atoms with E-state index in [0.717, 1.165) is 5.39 Å². The molecular weight excluding hydrogens is 204 g/mol. The van der Waals surface area contributed by atoms with Crippen LogP contribution in [0.4, 0.5) is 0 Å². The molecule has 0 bridgehead atoms. The number of hydrogen-bond donors (Lipinski definition) is 2. The van der Waals surface area contributed by atoms with Crippen molar-refractivity contribution in [2.24, 2.45) is 0 Å². The minimum absolute atomic E-state index is 0.0508. The highest BCUT2D eigenvalue weighted by molar-refractivity contribution is 6.04. The Morgan fingerprint density at radius 3 is 2.56 bits per heavy atom. The van der Waals surface area contributed by atoms with E-state index in [1.807, 2.05) is 6.07 Å². The smallest absolute Gasteiger partial charge is 0.211 e. The molecule has 0 saturated heterocycles. The van der Waals surface area contributed by atoms with Crippen LogP contribution in [-0.4, -0.2) is 20.2 Å². The summed E-state index contributed by atoms with van der Waals surface area (Å²) in [6, 6.07) is 8.45. The van der Waals surface area contributed by atoms with E-state index < -0.39 is 0 Å². The number of pyridine rings is 2. The summed E-state index contributed by atoms with van der Waals surface area (Å²) in [7, 11) is 0. The highest BCUT2D eigenvalue weighted by Gasteiger charge is 2.06. The van der Waals surface area contributed by atoms with E-state index in [9.17, 15) is 10.2 Å². The van der Waals surface area contributed by atoms with Gasteiger partial charge in [0, 0.05) is 23.0 Å². The molecule has 0 aliphatic carbocycles. The van der Waals surface area contributed by atoms with Crippen LogP contribution in [0.5, 0.6) is 11.6 Å². The summed E-state index contributed by atoms with van der Waals surface area (Å²) in [6.07, 6.45) is 1.52. The van der Waals surface area contributed by atoms with E-state index in [4.69, 9.17) is 0 Å². The zero-order valence-corrected chi connectivity index (χ0v) is 8.25. The molecule has 1 aromatic carbocycles. The Hall–Kier alpha value is -2.36. The second-order valence-corrected chi connectivity index (χ2v) is 3.53. The SMILES string of the molecule is Oc1ccc2ccc3c(O)ccnc3c2n1. The second-order valence-electron chi connectivity index (χ2n) is 3.53. The number of benzene rings is 1. The topological polar surface area (TPSA) is 66.2 Å². The number of nitrogens with zero attached hydrogens (tertiary/aromatic N) is 2. The molecule has 3 aromatic rings. The summed E-state index contributed by atoms with van der Waals surface area (Å²) in [6.45, 7) is 0. The van der Waals surface area contributed by atoms with Gasteiger partial charge < -0.3 is 10.2 Å². The summed E-state index contributed by atoms with van der Waals surface area (Å²) in [5.41, 5.74) is 1.18. The van der Waals surface area contributed by atoms with E-state index >= 15 is 0 Å². The Morgan fingerprint density at radius 2 is 1.69 bits per heavy atom. The van der Waals surface area contributed by atoms with Gasteiger partial charge in [0.05, 0.1) is 0 Å². The lowest BCUT2D eigenvalue weighted by Gasteiger charge is -2.03. The Balaban J connectivity index is 2.58. The molecule has 3 rings (SSSR count). The van der Waals surface area contributed by atoms with Crippen molar-refractivity contribution in [3.05, 3.63) is 36.5 Å². The normalized spacial score (nSPS) is 11.0. The van der Waals surface area contributed by atoms with Gasteiger partial charge in [-0.1, -0.05) is 6.07 Å². The van der Waals surface area contributed by atoms with Crippen molar-refractivity contribution in [2.45, 2.75) is 0 Å².